The van der Waals surface area contributed by atoms with Crippen molar-refractivity contribution in [2.24, 2.45) is 0 Å². The number of Topliss-reactive ketones (excluding diaryl/α,β-unsaturated/α-hetero) is 1. The maximum atomic E-state index is 14.2. The molecule has 0 saturated heterocycles. The summed E-state index contributed by atoms with van der Waals surface area (Å²) in [6, 6.07) is 16.3. The van der Waals surface area contributed by atoms with Gasteiger partial charge in [-0.2, -0.15) is 0 Å². The summed E-state index contributed by atoms with van der Waals surface area (Å²) < 4.78 is 44.1. The van der Waals surface area contributed by atoms with E-state index in [1.54, 1.807) is 37.6 Å². The van der Waals surface area contributed by atoms with E-state index in [1.165, 1.54) is 31.0 Å². The molecule has 1 heterocycles. The van der Waals surface area contributed by atoms with Crippen molar-refractivity contribution >= 4 is 22.4 Å². The molecule has 0 unspecified atom stereocenters. The van der Waals surface area contributed by atoms with E-state index in [9.17, 15) is 13.6 Å². The van der Waals surface area contributed by atoms with Crippen LogP contribution in [-0.2, 0) is 4.79 Å². The number of aromatic nitrogens is 1. The first-order valence-electron chi connectivity index (χ1n) is 15.3. The number of carbonyl (C=O) groups is 1. The van der Waals surface area contributed by atoms with Crippen LogP contribution in [0.2, 0.25) is 0 Å². The van der Waals surface area contributed by atoms with Crippen molar-refractivity contribution in [2.45, 2.75) is 77.7 Å². The minimum atomic E-state index is -0.478. The van der Waals surface area contributed by atoms with Gasteiger partial charge >= 0.3 is 51.4 Å². The predicted molar refractivity (Wildman–Crippen MR) is 170 cm³/mol. The summed E-state index contributed by atoms with van der Waals surface area (Å²) in [5, 5.41) is 5.18. The number of ketones is 1. The van der Waals surface area contributed by atoms with E-state index in [0.29, 0.717) is 41.5 Å². The standard InChI is InChI=1S/C23H26FNO3.C13H15FNO.K/c1-4-5-6-7-12-27-23-15-19-17(14-22(23)26-3)20(10-11-25-19)28-21-9-8-16(2)13-18(21)24;1-2-3-12(16)13(8-9-13)15-11-6-4-10(14)5-7-11;/h8-11,13-15H,4-7,12H2,1-3H3;4-7H,2-3,8-9H2,1H3;/q;-1;+1. The molecule has 0 bridgehead atoms. The smallest absolute Gasteiger partial charge is 0.673 e. The summed E-state index contributed by atoms with van der Waals surface area (Å²) >= 11 is 0. The Morgan fingerprint density at radius 3 is 2.29 bits per heavy atom. The van der Waals surface area contributed by atoms with Crippen LogP contribution in [-0.4, -0.2) is 30.0 Å². The van der Waals surface area contributed by atoms with Crippen molar-refractivity contribution in [1.82, 2.24) is 4.98 Å². The molecule has 4 aromatic rings. The second-order valence-electron chi connectivity index (χ2n) is 11.1. The number of aryl methyl sites for hydroxylation is 1. The number of ether oxygens (including phenoxy) is 3. The Morgan fingerprint density at radius 1 is 0.889 bits per heavy atom. The summed E-state index contributed by atoms with van der Waals surface area (Å²) in [5.41, 5.74) is 1.76. The maximum Gasteiger partial charge on any atom is 1.00 e. The van der Waals surface area contributed by atoms with Gasteiger partial charge in [0, 0.05) is 24.1 Å². The van der Waals surface area contributed by atoms with Crippen LogP contribution in [0.3, 0.4) is 0 Å². The van der Waals surface area contributed by atoms with Gasteiger partial charge < -0.3 is 24.3 Å². The van der Waals surface area contributed by atoms with Crippen LogP contribution in [0.4, 0.5) is 14.5 Å². The number of rotatable bonds is 14. The number of fused-ring (bicyclic) bond motifs is 1. The van der Waals surface area contributed by atoms with Crippen LogP contribution < -0.4 is 65.6 Å². The van der Waals surface area contributed by atoms with E-state index in [1.807, 2.05) is 32.0 Å². The molecule has 3 aromatic carbocycles. The topological polar surface area (TPSA) is 71.8 Å². The summed E-state index contributed by atoms with van der Waals surface area (Å²) in [6.07, 6.45) is 9.30. The number of hydrogen-bond acceptors (Lipinski definition) is 5. The molecule has 1 aliphatic carbocycles. The van der Waals surface area contributed by atoms with E-state index in [4.69, 9.17) is 14.2 Å². The van der Waals surface area contributed by atoms with Crippen LogP contribution in [0.25, 0.3) is 16.2 Å². The minimum Gasteiger partial charge on any atom is -0.673 e. The average molecular weight is 643 g/mol. The number of halogens is 2. The van der Waals surface area contributed by atoms with Gasteiger partial charge in [-0.25, -0.2) is 8.78 Å². The van der Waals surface area contributed by atoms with Gasteiger partial charge in [0.25, 0.3) is 0 Å². The van der Waals surface area contributed by atoms with Gasteiger partial charge in [-0.1, -0.05) is 64.2 Å². The Bertz CT molecular complexity index is 1540. The molecule has 0 radical (unpaired) electrons. The first-order valence-corrected chi connectivity index (χ1v) is 15.3. The number of methoxy groups -OCH3 is 1. The molecular formula is C36H41F2KN2O4. The molecule has 0 amide bonds. The van der Waals surface area contributed by atoms with Gasteiger partial charge in [-0.05, 0) is 67.3 Å². The summed E-state index contributed by atoms with van der Waals surface area (Å²) in [6.45, 7) is 6.64. The first-order chi connectivity index (χ1) is 21.3. The number of carbonyl (C=O) groups excluding carboxylic acids is 1. The molecule has 0 N–H and O–H groups in total. The average Bonchev–Trinajstić information content (AvgIpc) is 3.80. The summed E-state index contributed by atoms with van der Waals surface area (Å²) in [4.78, 5) is 16.2. The normalized spacial score (nSPS) is 12.8. The third-order valence-corrected chi connectivity index (χ3v) is 7.44. The van der Waals surface area contributed by atoms with Crippen molar-refractivity contribution in [2.75, 3.05) is 13.7 Å². The molecule has 0 atom stereocenters. The van der Waals surface area contributed by atoms with Gasteiger partial charge in [0.1, 0.15) is 17.3 Å². The molecule has 0 aliphatic heterocycles. The minimum absolute atomic E-state index is 0. The van der Waals surface area contributed by atoms with Crippen LogP contribution >= 0.6 is 0 Å². The zero-order valence-corrected chi connectivity index (χ0v) is 30.1. The Labute approximate surface area is 307 Å². The predicted octanol–water partition coefficient (Wildman–Crippen LogP) is 7.18. The molecular weight excluding hydrogens is 602 g/mol. The zero-order valence-electron chi connectivity index (χ0n) is 27.0. The van der Waals surface area contributed by atoms with Gasteiger partial charge in [-0.3, -0.25) is 4.98 Å². The number of benzene rings is 3. The van der Waals surface area contributed by atoms with Crippen molar-refractivity contribution < 1.29 is 79.2 Å². The van der Waals surface area contributed by atoms with Crippen molar-refractivity contribution in [3.63, 3.8) is 0 Å². The molecule has 6 nitrogen and oxygen atoms in total. The number of pyridine rings is 1. The van der Waals surface area contributed by atoms with E-state index in [2.05, 4.69) is 17.2 Å². The van der Waals surface area contributed by atoms with Gasteiger partial charge in [-0.15, -0.1) is 5.69 Å². The molecule has 0 spiro atoms. The van der Waals surface area contributed by atoms with Crippen molar-refractivity contribution in [3.8, 4) is 23.0 Å². The van der Waals surface area contributed by atoms with Crippen LogP contribution in [0, 0.1) is 18.6 Å². The monoisotopic (exact) mass is 642 g/mol. The Hall–Kier alpha value is -2.56. The van der Waals surface area contributed by atoms with E-state index in [0.717, 1.165) is 43.1 Å². The molecule has 1 aromatic heterocycles. The van der Waals surface area contributed by atoms with E-state index >= 15 is 0 Å². The molecule has 234 valence electrons. The fourth-order valence-electron chi connectivity index (χ4n) is 4.80. The summed E-state index contributed by atoms with van der Waals surface area (Å²) in [7, 11) is 1.60. The number of unbranched alkanes of at least 4 members (excludes halogenated alkanes) is 3. The van der Waals surface area contributed by atoms with Gasteiger partial charge in [0.2, 0.25) is 0 Å². The molecule has 9 heteroatoms. The van der Waals surface area contributed by atoms with Crippen LogP contribution in [0.5, 0.6) is 23.0 Å². The fraction of sp³-hybridized carbons (Fsp3) is 0.389. The largest absolute Gasteiger partial charge is 1.00 e. The van der Waals surface area contributed by atoms with Crippen LogP contribution in [0.15, 0.2) is 66.9 Å². The molecule has 1 fully saturated rings. The number of nitrogens with zero attached hydrogens (tertiary/aromatic N) is 2. The molecule has 45 heavy (non-hydrogen) atoms. The Balaban J connectivity index is 0.000000276. The summed E-state index contributed by atoms with van der Waals surface area (Å²) in [5.74, 6) is 1.49. The number of hydrogen-bond donors (Lipinski definition) is 0. The maximum absolute atomic E-state index is 14.2. The van der Waals surface area contributed by atoms with Crippen molar-refractivity contribution in [1.29, 1.82) is 0 Å². The van der Waals surface area contributed by atoms with Gasteiger partial charge in [0.05, 0.1) is 19.2 Å². The molecule has 1 aliphatic rings. The Kier molecular flexibility index (Phi) is 14.7. The van der Waals surface area contributed by atoms with Crippen molar-refractivity contribution in [3.05, 3.63) is 89.4 Å². The fourth-order valence-corrected chi connectivity index (χ4v) is 4.80. The van der Waals surface area contributed by atoms with Gasteiger partial charge in [0.15, 0.2) is 23.1 Å². The second-order valence-corrected chi connectivity index (χ2v) is 11.1. The Morgan fingerprint density at radius 2 is 1.64 bits per heavy atom. The second kappa shape index (κ2) is 18.0. The SMILES string of the molecule is CCCC(=O)C1([N-]c2ccc(F)cc2)CC1.CCCCCCOc1cc2nccc(Oc3ccc(C)cc3F)c2cc1OC.[K+]. The zero-order chi connectivity index (χ0) is 31.5. The molecule has 1 saturated carbocycles. The van der Waals surface area contributed by atoms with E-state index < -0.39 is 11.4 Å². The third kappa shape index (κ3) is 10.5. The van der Waals surface area contributed by atoms with E-state index in [-0.39, 0.29) is 68.7 Å². The third-order valence-electron chi connectivity index (χ3n) is 7.44. The quantitative estimate of drug-likeness (QED) is 0.108. The first kappa shape index (κ1) is 36.9. The molecule has 5 rings (SSSR count). The van der Waals surface area contributed by atoms with Crippen LogP contribution in [0.1, 0.15) is 70.8 Å².